The summed E-state index contributed by atoms with van der Waals surface area (Å²) in [5, 5.41) is 11.3. The van der Waals surface area contributed by atoms with Crippen molar-refractivity contribution in [1.29, 1.82) is 0 Å². The first-order valence-electron chi connectivity index (χ1n) is 10.7. The molecule has 0 aromatic heterocycles. The van der Waals surface area contributed by atoms with E-state index in [1.54, 1.807) is 0 Å². The Morgan fingerprint density at radius 1 is 1.15 bits per heavy atom. The Labute approximate surface area is 200 Å². The number of carbonyl (C=O) groups excluding carboxylic acids is 1. The number of amides is 1. The molecule has 2 aliphatic carbocycles. The van der Waals surface area contributed by atoms with E-state index < -0.39 is 44.0 Å². The summed E-state index contributed by atoms with van der Waals surface area (Å²) in [6, 6.07) is 4.92. The van der Waals surface area contributed by atoms with Crippen LogP contribution in [0.3, 0.4) is 0 Å². The van der Waals surface area contributed by atoms with Crippen LogP contribution in [0.5, 0.6) is 0 Å². The van der Waals surface area contributed by atoms with E-state index in [-0.39, 0.29) is 39.6 Å². The van der Waals surface area contributed by atoms with Gasteiger partial charge in [-0.2, -0.15) is 0 Å². The van der Waals surface area contributed by atoms with Crippen molar-refractivity contribution >= 4 is 33.0 Å². The van der Waals surface area contributed by atoms with Gasteiger partial charge in [-0.05, 0) is 55.7 Å². The number of sulfone groups is 1. The number of aliphatic hydroxyl groups is 1. The highest BCUT2D eigenvalue weighted by molar-refractivity contribution is 7.92. The van der Waals surface area contributed by atoms with Gasteiger partial charge < -0.3 is 15.2 Å². The molecule has 0 aliphatic heterocycles. The highest BCUT2D eigenvalue weighted by Crippen LogP contribution is 2.52. The SMILES string of the molecule is CO[C@]1(CO)CC2CC[C@@H](C1)[C@H]2S(=O)(=O)c1cc(C(=O)Nc2cc(F)c(F)c(F)c2)ccc1Cl. The average molecular weight is 518 g/mol. The van der Waals surface area contributed by atoms with Crippen molar-refractivity contribution in [3.05, 3.63) is 58.4 Å². The highest BCUT2D eigenvalue weighted by Gasteiger charge is 2.54. The highest BCUT2D eigenvalue weighted by atomic mass is 35.5. The number of methoxy groups -OCH3 is 1. The van der Waals surface area contributed by atoms with Crippen LogP contribution in [0.25, 0.3) is 0 Å². The third-order valence-electron chi connectivity index (χ3n) is 6.93. The summed E-state index contributed by atoms with van der Waals surface area (Å²) in [5.74, 6) is -5.94. The average Bonchev–Trinajstić information content (AvgIpc) is 3.09. The number of rotatable bonds is 6. The van der Waals surface area contributed by atoms with Crippen molar-refractivity contribution in [3.63, 3.8) is 0 Å². The lowest BCUT2D eigenvalue weighted by Crippen LogP contribution is -2.49. The summed E-state index contributed by atoms with van der Waals surface area (Å²) in [7, 11) is -2.46. The molecule has 34 heavy (non-hydrogen) atoms. The van der Waals surface area contributed by atoms with Gasteiger partial charge in [-0.15, -0.1) is 0 Å². The normalized spacial score (nSPS) is 26.5. The fourth-order valence-electron chi connectivity index (χ4n) is 5.32. The second-order valence-electron chi connectivity index (χ2n) is 8.91. The molecule has 0 radical (unpaired) electrons. The van der Waals surface area contributed by atoms with Crippen LogP contribution in [0.1, 0.15) is 36.0 Å². The summed E-state index contributed by atoms with van der Waals surface area (Å²) in [5.41, 5.74) is -1.20. The number of anilines is 1. The molecule has 2 aromatic rings. The zero-order valence-electron chi connectivity index (χ0n) is 18.2. The summed E-state index contributed by atoms with van der Waals surface area (Å²) in [6.07, 6.45) is 2.11. The Morgan fingerprint density at radius 2 is 1.74 bits per heavy atom. The maximum atomic E-state index is 13.7. The maximum absolute atomic E-state index is 13.7. The van der Waals surface area contributed by atoms with Gasteiger partial charge in [0.05, 0.1) is 27.4 Å². The second kappa shape index (κ2) is 9.14. The number of fused-ring (bicyclic) bond motifs is 2. The van der Waals surface area contributed by atoms with Gasteiger partial charge in [0, 0.05) is 30.5 Å². The first kappa shape index (κ1) is 25.0. The minimum absolute atomic E-state index is 0.0550. The number of nitrogens with one attached hydrogen (secondary N) is 1. The van der Waals surface area contributed by atoms with Crippen molar-refractivity contribution in [2.24, 2.45) is 11.8 Å². The first-order valence-corrected chi connectivity index (χ1v) is 12.6. The Bertz CT molecular complexity index is 1200. The molecule has 1 amide bonds. The standard InChI is InChI=1S/C23H23ClF3NO5S/c1-33-23(11-29)9-13-2-3-14(10-23)21(13)34(31,32)19-6-12(4-5-16(19)24)22(30)28-15-7-17(25)20(27)18(26)8-15/h4-8,13-14,21,29H,2-3,9-11H2,1H3,(H,28,30)/t13-,14?,21+,23-/m0/s1. The minimum Gasteiger partial charge on any atom is -0.393 e. The van der Waals surface area contributed by atoms with Gasteiger partial charge in [-0.3, -0.25) is 4.79 Å². The van der Waals surface area contributed by atoms with E-state index in [4.69, 9.17) is 16.3 Å². The van der Waals surface area contributed by atoms with Crippen molar-refractivity contribution in [2.75, 3.05) is 19.0 Å². The van der Waals surface area contributed by atoms with Crippen molar-refractivity contribution in [2.45, 2.75) is 41.4 Å². The predicted octanol–water partition coefficient (Wildman–Crippen LogP) is 4.35. The summed E-state index contributed by atoms with van der Waals surface area (Å²) in [4.78, 5) is 12.4. The Hall–Kier alpha value is -2.14. The number of benzene rings is 2. The molecule has 4 atom stereocenters. The van der Waals surface area contributed by atoms with E-state index in [1.165, 1.54) is 19.2 Å². The smallest absolute Gasteiger partial charge is 0.255 e. The number of hydrogen-bond acceptors (Lipinski definition) is 5. The molecule has 2 aromatic carbocycles. The quantitative estimate of drug-likeness (QED) is 0.556. The molecule has 184 valence electrons. The monoisotopic (exact) mass is 517 g/mol. The first-order chi connectivity index (χ1) is 16.0. The van der Waals surface area contributed by atoms with Crippen molar-refractivity contribution in [1.82, 2.24) is 0 Å². The van der Waals surface area contributed by atoms with Crippen LogP contribution in [0.4, 0.5) is 18.9 Å². The zero-order valence-corrected chi connectivity index (χ0v) is 19.7. The summed E-state index contributed by atoms with van der Waals surface area (Å²) in [6.45, 7) is -0.204. The number of halogens is 4. The van der Waals surface area contributed by atoms with Crippen molar-refractivity contribution in [3.8, 4) is 0 Å². The summed E-state index contributed by atoms with van der Waals surface area (Å²) < 4.78 is 73.0. The van der Waals surface area contributed by atoms with Crippen LogP contribution in [-0.4, -0.2) is 44.0 Å². The Kier molecular flexibility index (Phi) is 6.71. The van der Waals surface area contributed by atoms with E-state index >= 15 is 0 Å². The Balaban J connectivity index is 1.63. The van der Waals surface area contributed by atoms with Gasteiger partial charge in [-0.25, -0.2) is 21.6 Å². The molecule has 4 rings (SSSR count). The van der Waals surface area contributed by atoms with E-state index in [2.05, 4.69) is 5.32 Å². The second-order valence-corrected chi connectivity index (χ2v) is 11.4. The topological polar surface area (TPSA) is 92.7 Å². The minimum atomic E-state index is -3.96. The van der Waals surface area contributed by atoms with Crippen LogP contribution in [0.15, 0.2) is 35.2 Å². The molecule has 1 unspecified atom stereocenters. The van der Waals surface area contributed by atoms with Gasteiger partial charge in [0.1, 0.15) is 0 Å². The lowest BCUT2D eigenvalue weighted by Gasteiger charge is -2.42. The molecule has 0 saturated heterocycles. The molecule has 2 aliphatic rings. The van der Waals surface area contributed by atoms with Crippen molar-refractivity contribution < 1.29 is 36.2 Å². The molecule has 6 nitrogen and oxygen atoms in total. The van der Waals surface area contributed by atoms with Crippen LogP contribution >= 0.6 is 11.6 Å². The largest absolute Gasteiger partial charge is 0.393 e. The van der Waals surface area contributed by atoms with Gasteiger partial charge in [0.25, 0.3) is 5.91 Å². The van der Waals surface area contributed by atoms with E-state index in [1.807, 2.05) is 0 Å². The third kappa shape index (κ3) is 4.32. The van der Waals surface area contributed by atoms with E-state index in [0.29, 0.717) is 37.8 Å². The van der Waals surface area contributed by atoms with Crippen LogP contribution in [0, 0.1) is 29.3 Å². The van der Waals surface area contributed by atoms with Gasteiger partial charge in [0.15, 0.2) is 27.3 Å². The van der Waals surface area contributed by atoms with Crippen LogP contribution in [-0.2, 0) is 14.6 Å². The fourth-order valence-corrected chi connectivity index (χ4v) is 8.17. The molecular formula is C23H23ClF3NO5S. The number of ether oxygens (including phenoxy) is 1. The molecule has 0 heterocycles. The van der Waals surface area contributed by atoms with Gasteiger partial charge >= 0.3 is 0 Å². The van der Waals surface area contributed by atoms with E-state index in [9.17, 15) is 31.5 Å². The number of hydrogen-bond donors (Lipinski definition) is 2. The third-order valence-corrected chi connectivity index (χ3v) is 9.81. The molecular weight excluding hydrogens is 495 g/mol. The molecule has 11 heteroatoms. The van der Waals surface area contributed by atoms with Gasteiger partial charge in [0.2, 0.25) is 0 Å². The predicted molar refractivity (Wildman–Crippen MR) is 119 cm³/mol. The molecule has 2 bridgehead atoms. The summed E-state index contributed by atoms with van der Waals surface area (Å²) >= 11 is 6.23. The fraction of sp³-hybridized carbons (Fsp3) is 0.435. The maximum Gasteiger partial charge on any atom is 0.255 e. The number of carbonyl (C=O) groups is 1. The lowest BCUT2D eigenvalue weighted by molar-refractivity contribution is -0.0903. The van der Waals surface area contributed by atoms with Crippen LogP contribution in [0.2, 0.25) is 5.02 Å². The molecule has 2 N–H and O–H groups in total. The lowest BCUT2D eigenvalue weighted by atomic mass is 9.77. The molecule has 2 saturated carbocycles. The zero-order chi connectivity index (χ0) is 24.8. The van der Waals surface area contributed by atoms with E-state index in [0.717, 1.165) is 6.07 Å². The Morgan fingerprint density at radius 3 is 2.26 bits per heavy atom. The number of aliphatic hydroxyl groups excluding tert-OH is 1. The van der Waals surface area contributed by atoms with Gasteiger partial charge in [-0.1, -0.05) is 11.6 Å². The molecule has 0 spiro atoms. The molecule has 2 fully saturated rings. The van der Waals surface area contributed by atoms with Crippen LogP contribution < -0.4 is 5.32 Å².